The summed E-state index contributed by atoms with van der Waals surface area (Å²) in [5.41, 5.74) is 7.40. The molecule has 18 heavy (non-hydrogen) atoms. The lowest BCUT2D eigenvalue weighted by Crippen LogP contribution is -2.55. The predicted molar refractivity (Wildman–Crippen MR) is 71.5 cm³/mol. The lowest BCUT2D eigenvalue weighted by atomic mass is 10.1. The molecule has 0 aromatic heterocycles. The molecule has 0 spiro atoms. The van der Waals surface area contributed by atoms with E-state index in [0.29, 0.717) is 13.2 Å². The fraction of sp³-hybridized carbons (Fsp3) is 0.462. The number of carbonyl (C=O) groups is 1. The molecule has 5 heteroatoms. The second-order valence-corrected chi connectivity index (χ2v) is 4.26. The number of nitrogens with one attached hydrogen (secondary N) is 1. The summed E-state index contributed by atoms with van der Waals surface area (Å²) in [5.74, 6) is -0.179. The van der Waals surface area contributed by atoms with Crippen LogP contribution in [0.15, 0.2) is 24.3 Å². The fourth-order valence-electron chi connectivity index (χ4n) is 2.13. The SMILES string of the molecule is CCOC(=O)C1CNCCN1c1ccc(N)cc1. The predicted octanol–water partition coefficient (Wildman–Crippen LogP) is 0.610. The van der Waals surface area contributed by atoms with Crippen molar-refractivity contribution in [3.63, 3.8) is 0 Å². The number of nitrogens with two attached hydrogens (primary N) is 1. The van der Waals surface area contributed by atoms with Gasteiger partial charge in [-0.15, -0.1) is 0 Å². The standard InChI is InChI=1S/C13H19N3O2/c1-2-18-13(17)12-9-15-7-8-16(12)11-5-3-10(14)4-6-11/h3-6,12,15H,2,7-9,14H2,1H3. The molecule has 98 valence electrons. The van der Waals surface area contributed by atoms with Crippen molar-refractivity contribution in [2.75, 3.05) is 36.9 Å². The zero-order valence-electron chi connectivity index (χ0n) is 10.6. The summed E-state index contributed by atoms with van der Waals surface area (Å²) in [4.78, 5) is 14.0. The van der Waals surface area contributed by atoms with Crippen molar-refractivity contribution >= 4 is 17.3 Å². The van der Waals surface area contributed by atoms with Crippen LogP contribution in [0.4, 0.5) is 11.4 Å². The van der Waals surface area contributed by atoms with Crippen molar-refractivity contribution in [3.8, 4) is 0 Å². The van der Waals surface area contributed by atoms with Crippen LogP contribution in [-0.4, -0.2) is 38.3 Å². The number of carbonyl (C=O) groups excluding carboxylic acids is 1. The smallest absolute Gasteiger partial charge is 0.330 e. The lowest BCUT2D eigenvalue weighted by molar-refractivity contribution is -0.144. The normalized spacial score (nSPS) is 19.6. The molecule has 1 aromatic rings. The first-order valence-electron chi connectivity index (χ1n) is 6.22. The third-order valence-corrected chi connectivity index (χ3v) is 3.03. The van der Waals surface area contributed by atoms with Crippen LogP contribution >= 0.6 is 0 Å². The summed E-state index contributed by atoms with van der Waals surface area (Å²) in [5, 5.41) is 3.22. The molecular weight excluding hydrogens is 230 g/mol. The number of benzene rings is 1. The zero-order chi connectivity index (χ0) is 13.0. The fourth-order valence-corrected chi connectivity index (χ4v) is 2.13. The van der Waals surface area contributed by atoms with E-state index < -0.39 is 0 Å². The number of nitrogen functional groups attached to an aromatic ring is 1. The van der Waals surface area contributed by atoms with Crippen molar-refractivity contribution in [1.29, 1.82) is 0 Å². The molecule has 2 rings (SSSR count). The van der Waals surface area contributed by atoms with Gasteiger partial charge in [-0.3, -0.25) is 0 Å². The van der Waals surface area contributed by atoms with E-state index >= 15 is 0 Å². The molecule has 1 aliphatic rings. The number of hydrogen-bond donors (Lipinski definition) is 2. The minimum atomic E-state index is -0.262. The number of ether oxygens (including phenoxy) is 1. The Morgan fingerprint density at radius 2 is 2.22 bits per heavy atom. The highest BCUT2D eigenvalue weighted by Crippen LogP contribution is 2.20. The van der Waals surface area contributed by atoms with E-state index in [1.54, 1.807) is 0 Å². The second kappa shape index (κ2) is 5.73. The Kier molecular flexibility index (Phi) is 4.04. The van der Waals surface area contributed by atoms with Gasteiger partial charge in [0.25, 0.3) is 0 Å². The van der Waals surface area contributed by atoms with Crippen LogP contribution in [0.2, 0.25) is 0 Å². The van der Waals surface area contributed by atoms with Crippen LogP contribution in [0.25, 0.3) is 0 Å². The van der Waals surface area contributed by atoms with Gasteiger partial charge in [-0.05, 0) is 31.2 Å². The van der Waals surface area contributed by atoms with E-state index in [9.17, 15) is 4.79 Å². The van der Waals surface area contributed by atoms with Crippen LogP contribution in [0, 0.1) is 0 Å². The molecule has 1 atom stereocenters. The van der Waals surface area contributed by atoms with Gasteiger partial charge >= 0.3 is 5.97 Å². The monoisotopic (exact) mass is 249 g/mol. The first-order valence-corrected chi connectivity index (χ1v) is 6.22. The molecule has 0 saturated carbocycles. The summed E-state index contributed by atoms with van der Waals surface area (Å²) >= 11 is 0. The summed E-state index contributed by atoms with van der Waals surface area (Å²) in [7, 11) is 0. The van der Waals surface area contributed by atoms with Gasteiger partial charge in [0.2, 0.25) is 0 Å². The molecule has 0 amide bonds. The highest BCUT2D eigenvalue weighted by Gasteiger charge is 2.29. The Hall–Kier alpha value is -1.75. The molecule has 1 fully saturated rings. The minimum Gasteiger partial charge on any atom is -0.464 e. The number of piperazine rings is 1. The van der Waals surface area contributed by atoms with Crippen LogP contribution in [-0.2, 0) is 9.53 Å². The van der Waals surface area contributed by atoms with E-state index in [4.69, 9.17) is 10.5 Å². The van der Waals surface area contributed by atoms with Crippen molar-refractivity contribution in [2.24, 2.45) is 0 Å². The highest BCUT2D eigenvalue weighted by molar-refractivity contribution is 5.81. The van der Waals surface area contributed by atoms with E-state index in [2.05, 4.69) is 10.2 Å². The molecule has 3 N–H and O–H groups in total. The molecule has 5 nitrogen and oxygen atoms in total. The van der Waals surface area contributed by atoms with E-state index in [1.165, 1.54) is 0 Å². The van der Waals surface area contributed by atoms with Gasteiger partial charge < -0.3 is 20.7 Å². The van der Waals surface area contributed by atoms with Gasteiger partial charge in [0, 0.05) is 31.0 Å². The molecular formula is C13H19N3O2. The quantitative estimate of drug-likeness (QED) is 0.607. The van der Waals surface area contributed by atoms with Gasteiger partial charge in [-0.2, -0.15) is 0 Å². The third-order valence-electron chi connectivity index (χ3n) is 3.03. The van der Waals surface area contributed by atoms with E-state index in [1.807, 2.05) is 31.2 Å². The Bertz CT molecular complexity index is 405. The van der Waals surface area contributed by atoms with Crippen LogP contribution in [0.3, 0.4) is 0 Å². The van der Waals surface area contributed by atoms with Gasteiger partial charge in [-0.1, -0.05) is 0 Å². The Balaban J connectivity index is 2.17. The average molecular weight is 249 g/mol. The molecule has 1 saturated heterocycles. The Labute approximate surface area is 107 Å². The van der Waals surface area contributed by atoms with Crippen molar-refractivity contribution in [2.45, 2.75) is 13.0 Å². The topological polar surface area (TPSA) is 67.6 Å². The largest absolute Gasteiger partial charge is 0.464 e. The summed E-state index contributed by atoms with van der Waals surface area (Å²) in [6.45, 7) is 4.49. The molecule has 0 aliphatic carbocycles. The number of rotatable bonds is 3. The average Bonchev–Trinajstić information content (AvgIpc) is 2.40. The van der Waals surface area contributed by atoms with Gasteiger partial charge in [0.1, 0.15) is 6.04 Å². The number of anilines is 2. The number of nitrogens with zero attached hydrogens (tertiary/aromatic N) is 1. The Morgan fingerprint density at radius 1 is 1.50 bits per heavy atom. The lowest BCUT2D eigenvalue weighted by Gasteiger charge is -2.36. The molecule has 0 radical (unpaired) electrons. The number of hydrogen-bond acceptors (Lipinski definition) is 5. The molecule has 1 aromatic carbocycles. The van der Waals surface area contributed by atoms with E-state index in [-0.39, 0.29) is 12.0 Å². The summed E-state index contributed by atoms with van der Waals surface area (Å²) < 4.78 is 5.11. The van der Waals surface area contributed by atoms with Crippen molar-refractivity contribution in [3.05, 3.63) is 24.3 Å². The van der Waals surface area contributed by atoms with Crippen LogP contribution in [0.5, 0.6) is 0 Å². The molecule has 0 bridgehead atoms. The highest BCUT2D eigenvalue weighted by atomic mass is 16.5. The van der Waals surface area contributed by atoms with Crippen LogP contribution in [0.1, 0.15) is 6.92 Å². The summed E-state index contributed by atoms with van der Waals surface area (Å²) in [6, 6.07) is 7.31. The third kappa shape index (κ3) is 2.73. The maximum atomic E-state index is 11.9. The summed E-state index contributed by atoms with van der Waals surface area (Å²) in [6.07, 6.45) is 0. The van der Waals surface area contributed by atoms with Crippen molar-refractivity contribution < 1.29 is 9.53 Å². The van der Waals surface area contributed by atoms with Gasteiger partial charge in [-0.25, -0.2) is 4.79 Å². The molecule has 1 heterocycles. The van der Waals surface area contributed by atoms with Gasteiger partial charge in [0.15, 0.2) is 0 Å². The maximum absolute atomic E-state index is 11.9. The zero-order valence-corrected chi connectivity index (χ0v) is 10.6. The Morgan fingerprint density at radius 3 is 2.89 bits per heavy atom. The maximum Gasteiger partial charge on any atom is 0.330 e. The van der Waals surface area contributed by atoms with Crippen molar-refractivity contribution in [1.82, 2.24) is 5.32 Å². The van der Waals surface area contributed by atoms with Gasteiger partial charge in [0.05, 0.1) is 6.61 Å². The number of esters is 1. The van der Waals surface area contributed by atoms with Crippen LogP contribution < -0.4 is 16.0 Å². The van der Waals surface area contributed by atoms with E-state index in [0.717, 1.165) is 24.5 Å². The first-order chi connectivity index (χ1) is 8.72. The molecule has 1 unspecified atom stereocenters. The minimum absolute atomic E-state index is 0.179. The second-order valence-electron chi connectivity index (χ2n) is 4.26. The first kappa shape index (κ1) is 12.7. The molecule has 1 aliphatic heterocycles.